The highest BCUT2D eigenvalue weighted by molar-refractivity contribution is 7.89. The first-order valence-corrected chi connectivity index (χ1v) is 13.6. The molecule has 1 fully saturated rings. The van der Waals surface area contributed by atoms with E-state index in [4.69, 9.17) is 10.9 Å². The van der Waals surface area contributed by atoms with Gasteiger partial charge in [0.05, 0.1) is 17.4 Å². The smallest absolute Gasteiger partial charge is 0.259 e. The van der Waals surface area contributed by atoms with Crippen LogP contribution in [-0.4, -0.2) is 58.7 Å². The van der Waals surface area contributed by atoms with Gasteiger partial charge in [0.1, 0.15) is 17.3 Å². The molecule has 38 heavy (non-hydrogen) atoms. The van der Waals surface area contributed by atoms with E-state index in [9.17, 15) is 26.4 Å². The molecule has 0 atom stereocenters. The maximum absolute atomic E-state index is 14.8. The predicted molar refractivity (Wildman–Crippen MR) is 133 cm³/mol. The largest absolute Gasteiger partial charge is 0.306 e. The summed E-state index contributed by atoms with van der Waals surface area (Å²) < 4.78 is 68.0. The molecule has 10 nitrogen and oxygen atoms in total. The number of rotatable bonds is 8. The molecule has 1 amide bonds. The number of alkyl halides is 2. The molecule has 3 N–H and O–H groups in total. The van der Waals surface area contributed by atoms with E-state index < -0.39 is 46.4 Å². The van der Waals surface area contributed by atoms with Crippen molar-refractivity contribution in [3.05, 3.63) is 58.5 Å². The molecule has 0 radical (unpaired) electrons. The molecule has 204 valence electrons. The molecule has 2 aromatic rings. The van der Waals surface area contributed by atoms with Gasteiger partial charge in [-0.05, 0) is 61.6 Å². The lowest BCUT2D eigenvalue weighted by Crippen LogP contribution is -2.44. The third-order valence-electron chi connectivity index (χ3n) is 6.58. The first-order valence-electron chi connectivity index (χ1n) is 12.0. The molecule has 2 aliphatic rings. The lowest BCUT2D eigenvalue weighted by Gasteiger charge is -2.36. The van der Waals surface area contributed by atoms with E-state index in [0.29, 0.717) is 11.1 Å². The Labute approximate surface area is 218 Å². The lowest BCUT2D eigenvalue weighted by molar-refractivity contribution is -0.103. The quantitative estimate of drug-likeness (QED) is 0.195. The second-order valence-electron chi connectivity index (χ2n) is 9.84. The molecule has 1 aromatic carbocycles. The fourth-order valence-electron chi connectivity index (χ4n) is 4.63. The van der Waals surface area contributed by atoms with E-state index in [2.05, 4.69) is 15.5 Å². The van der Waals surface area contributed by atoms with Crippen molar-refractivity contribution < 1.29 is 26.4 Å². The summed E-state index contributed by atoms with van der Waals surface area (Å²) in [5, 5.41) is 15.2. The van der Waals surface area contributed by atoms with Crippen molar-refractivity contribution in [2.24, 2.45) is 11.1 Å². The number of aromatic nitrogens is 1. The minimum absolute atomic E-state index is 0.0459. The van der Waals surface area contributed by atoms with Crippen LogP contribution in [-0.2, 0) is 23.0 Å². The van der Waals surface area contributed by atoms with Gasteiger partial charge in [-0.25, -0.2) is 31.6 Å². The minimum Gasteiger partial charge on any atom is -0.306 e. The normalized spacial score (nSPS) is 17.4. The molecule has 1 aliphatic carbocycles. The summed E-state index contributed by atoms with van der Waals surface area (Å²) in [4.78, 5) is 17.1. The number of halogens is 3. The van der Waals surface area contributed by atoms with Crippen LogP contribution in [0.1, 0.15) is 53.9 Å². The third kappa shape index (κ3) is 5.85. The first kappa shape index (κ1) is 27.6. The van der Waals surface area contributed by atoms with E-state index in [1.807, 2.05) is 0 Å². The Balaban J connectivity index is 1.49. The Hall–Kier alpha value is -3.39. The van der Waals surface area contributed by atoms with Crippen LogP contribution in [0, 0.1) is 22.7 Å². The van der Waals surface area contributed by atoms with Crippen LogP contribution in [0.4, 0.5) is 19.0 Å². The number of anilines is 1. The number of nitrogens with zero attached hydrogens (tertiary/aromatic N) is 4. The molecule has 1 saturated carbocycles. The number of hydrogen-bond donors (Lipinski definition) is 3. The fourth-order valence-corrected chi connectivity index (χ4v) is 6.38. The van der Waals surface area contributed by atoms with Crippen molar-refractivity contribution in [3.8, 4) is 0 Å². The number of sulfonamides is 1. The van der Waals surface area contributed by atoms with E-state index in [1.165, 1.54) is 28.6 Å². The van der Waals surface area contributed by atoms with Crippen LogP contribution in [0.2, 0.25) is 0 Å². The number of carbonyl (C=O) groups is 1. The van der Waals surface area contributed by atoms with Crippen LogP contribution in [0.15, 0.2) is 35.6 Å². The van der Waals surface area contributed by atoms with Crippen LogP contribution in [0.25, 0.3) is 0 Å². The van der Waals surface area contributed by atoms with Crippen molar-refractivity contribution in [2.45, 2.75) is 51.6 Å². The van der Waals surface area contributed by atoms with Crippen LogP contribution in [0.5, 0.6) is 0 Å². The fraction of sp³-hybridized carbons (Fsp3) is 0.458. The number of hydrogen-bond acceptors (Lipinski definition) is 7. The second kappa shape index (κ2) is 10.4. The Morgan fingerprint density at radius 2 is 2.00 bits per heavy atom. The van der Waals surface area contributed by atoms with Crippen LogP contribution >= 0.6 is 0 Å². The van der Waals surface area contributed by atoms with E-state index in [0.717, 1.165) is 5.01 Å². The Morgan fingerprint density at radius 3 is 2.63 bits per heavy atom. The van der Waals surface area contributed by atoms with Crippen LogP contribution < -0.4 is 5.32 Å². The van der Waals surface area contributed by atoms with Gasteiger partial charge >= 0.3 is 0 Å². The van der Waals surface area contributed by atoms with Gasteiger partial charge in [0, 0.05) is 25.9 Å². The molecule has 4 rings (SSSR count). The molecule has 2 heterocycles. The van der Waals surface area contributed by atoms with Crippen molar-refractivity contribution in [3.63, 3.8) is 0 Å². The zero-order valence-electron chi connectivity index (χ0n) is 20.8. The molecule has 14 heteroatoms. The van der Waals surface area contributed by atoms with Crippen molar-refractivity contribution in [1.29, 1.82) is 10.9 Å². The number of carbonyl (C=O) groups excluding carboxylic acids is 1. The number of nitrogens with one attached hydrogen (secondary N) is 3. The van der Waals surface area contributed by atoms with Gasteiger partial charge in [0.25, 0.3) is 5.91 Å². The highest BCUT2D eigenvalue weighted by Crippen LogP contribution is 2.43. The van der Waals surface area contributed by atoms with Crippen molar-refractivity contribution in [2.75, 3.05) is 17.6 Å². The summed E-state index contributed by atoms with van der Waals surface area (Å²) in [6, 6.07) is 6.74. The minimum atomic E-state index is -3.81. The molecular weight excluding hydrogens is 523 g/mol. The van der Waals surface area contributed by atoms with Crippen molar-refractivity contribution in [1.82, 2.24) is 14.3 Å². The van der Waals surface area contributed by atoms with Gasteiger partial charge in [0.15, 0.2) is 5.84 Å². The summed E-state index contributed by atoms with van der Waals surface area (Å²) in [5.41, 5.74) is 8.12. The van der Waals surface area contributed by atoms with E-state index in [-0.39, 0.29) is 54.2 Å². The molecule has 0 saturated heterocycles. The zero-order valence-corrected chi connectivity index (χ0v) is 21.7. The average Bonchev–Trinajstić information content (AvgIpc) is 2.82. The molecule has 1 aliphatic heterocycles. The van der Waals surface area contributed by atoms with E-state index in [1.54, 1.807) is 19.9 Å². The molecule has 1 aromatic heterocycles. The Kier molecular flexibility index (Phi) is 7.57. The van der Waals surface area contributed by atoms with Gasteiger partial charge in [-0.1, -0.05) is 11.3 Å². The number of amidine groups is 1. The SMILES string of the molecule is CC(C)N(N=N)C(=N)c1cccc(NC(=O)c2cc3c(cc2F)CCN(S(=O)(=O)CC2CC(F)(F)C2)C3)n1. The first-order chi connectivity index (χ1) is 17.8. The van der Waals surface area contributed by atoms with Gasteiger partial charge in [0.2, 0.25) is 15.9 Å². The number of amides is 1. The second-order valence-corrected chi connectivity index (χ2v) is 11.9. The molecule has 0 unspecified atom stereocenters. The van der Waals surface area contributed by atoms with Gasteiger partial charge in [-0.3, -0.25) is 10.2 Å². The average molecular weight is 552 g/mol. The molecule has 0 bridgehead atoms. The van der Waals surface area contributed by atoms with Gasteiger partial charge < -0.3 is 5.32 Å². The summed E-state index contributed by atoms with van der Waals surface area (Å²) in [5.74, 6) is -5.49. The standard InChI is InChI=1S/C24H28F3N7O3S/c1-14(2)34(32-29)22(28)20-4-3-5-21(30-20)31-23(35)18-8-17-12-33(7-6-16(17)9-19(18)25)38(36,37)13-15-10-24(26,27)11-15/h3-5,8-9,14-15,28-29H,6-7,10-13H2,1-2H3,(H,30,31,35). The maximum Gasteiger partial charge on any atom is 0.259 e. The van der Waals surface area contributed by atoms with Gasteiger partial charge in [-0.2, -0.15) is 9.84 Å². The highest BCUT2D eigenvalue weighted by Gasteiger charge is 2.47. The summed E-state index contributed by atoms with van der Waals surface area (Å²) in [6.07, 6.45) is -0.671. The molecular formula is C24H28F3N7O3S. The Bertz CT molecular complexity index is 1380. The van der Waals surface area contributed by atoms with Gasteiger partial charge in [-0.15, -0.1) is 0 Å². The predicted octanol–water partition coefficient (Wildman–Crippen LogP) is 4.19. The summed E-state index contributed by atoms with van der Waals surface area (Å²) in [6.45, 7) is 3.50. The third-order valence-corrected chi connectivity index (χ3v) is 8.58. The van der Waals surface area contributed by atoms with E-state index >= 15 is 0 Å². The number of benzene rings is 1. The monoisotopic (exact) mass is 551 g/mol. The number of fused-ring (bicyclic) bond motifs is 1. The highest BCUT2D eigenvalue weighted by atomic mass is 32.2. The number of pyridine rings is 1. The molecule has 0 spiro atoms. The summed E-state index contributed by atoms with van der Waals surface area (Å²) >= 11 is 0. The van der Waals surface area contributed by atoms with Crippen LogP contribution in [0.3, 0.4) is 0 Å². The zero-order chi connectivity index (χ0) is 27.8. The summed E-state index contributed by atoms with van der Waals surface area (Å²) in [7, 11) is -3.81. The Morgan fingerprint density at radius 1 is 1.29 bits per heavy atom. The lowest BCUT2D eigenvalue weighted by atomic mass is 9.83. The topological polar surface area (TPSA) is 143 Å². The van der Waals surface area contributed by atoms with Crippen molar-refractivity contribution >= 4 is 27.6 Å². The maximum atomic E-state index is 14.8.